The SMILES string of the molecule is Nc1ccc(CC(=O)Nc2ccc(CCC(=O)N3CCCC3)cc2)cc1. The number of carbonyl (C=O) groups is 2. The maximum absolute atomic E-state index is 12.1. The van der Waals surface area contributed by atoms with Gasteiger partial charge in [-0.05, 0) is 54.7 Å². The first-order valence-electron chi connectivity index (χ1n) is 9.11. The highest BCUT2D eigenvalue weighted by molar-refractivity contribution is 5.92. The van der Waals surface area contributed by atoms with Crippen molar-refractivity contribution in [2.45, 2.75) is 32.1 Å². The van der Waals surface area contributed by atoms with Crippen molar-refractivity contribution in [2.75, 3.05) is 24.1 Å². The summed E-state index contributed by atoms with van der Waals surface area (Å²) in [7, 11) is 0. The van der Waals surface area contributed by atoms with Crippen LogP contribution in [-0.4, -0.2) is 29.8 Å². The van der Waals surface area contributed by atoms with Crippen molar-refractivity contribution in [3.8, 4) is 0 Å². The average Bonchev–Trinajstić information content (AvgIpc) is 3.17. The van der Waals surface area contributed by atoms with Gasteiger partial charge in [-0.25, -0.2) is 0 Å². The molecule has 0 unspecified atom stereocenters. The molecule has 3 N–H and O–H groups in total. The van der Waals surface area contributed by atoms with Gasteiger partial charge in [0.05, 0.1) is 6.42 Å². The van der Waals surface area contributed by atoms with E-state index in [1.807, 2.05) is 41.3 Å². The lowest BCUT2D eigenvalue weighted by Crippen LogP contribution is -2.27. The standard InChI is InChI=1S/C21H25N3O2/c22-18-8-3-17(4-9-18)15-20(25)23-19-10-5-16(6-11-19)7-12-21(26)24-13-1-2-14-24/h3-6,8-11H,1-2,7,12-15,22H2,(H,23,25). The number of amides is 2. The highest BCUT2D eigenvalue weighted by atomic mass is 16.2. The minimum absolute atomic E-state index is 0.0632. The number of nitrogens with one attached hydrogen (secondary N) is 1. The van der Waals surface area contributed by atoms with Crippen LogP contribution in [0, 0.1) is 0 Å². The lowest BCUT2D eigenvalue weighted by molar-refractivity contribution is -0.130. The fourth-order valence-electron chi connectivity index (χ4n) is 3.16. The number of hydrogen-bond donors (Lipinski definition) is 2. The Kier molecular flexibility index (Phi) is 5.89. The first-order valence-corrected chi connectivity index (χ1v) is 9.11. The Hall–Kier alpha value is -2.82. The van der Waals surface area contributed by atoms with E-state index in [4.69, 9.17) is 5.73 Å². The minimum atomic E-state index is -0.0632. The summed E-state index contributed by atoms with van der Waals surface area (Å²) < 4.78 is 0. The fourth-order valence-corrected chi connectivity index (χ4v) is 3.16. The van der Waals surface area contributed by atoms with Crippen LogP contribution in [0.25, 0.3) is 0 Å². The van der Waals surface area contributed by atoms with Crippen molar-refractivity contribution < 1.29 is 9.59 Å². The summed E-state index contributed by atoms with van der Waals surface area (Å²) in [6.07, 6.45) is 3.83. The van der Waals surface area contributed by atoms with Gasteiger partial charge in [0, 0.05) is 30.9 Å². The average molecular weight is 351 g/mol. The number of benzene rings is 2. The van der Waals surface area contributed by atoms with E-state index in [0.717, 1.165) is 49.2 Å². The molecule has 1 heterocycles. The van der Waals surface area contributed by atoms with Crippen LogP contribution in [-0.2, 0) is 22.4 Å². The first kappa shape index (κ1) is 18.0. The van der Waals surface area contributed by atoms with E-state index in [2.05, 4.69) is 5.32 Å². The summed E-state index contributed by atoms with van der Waals surface area (Å²) in [4.78, 5) is 26.2. The van der Waals surface area contributed by atoms with Gasteiger partial charge in [-0.2, -0.15) is 0 Å². The van der Waals surface area contributed by atoms with E-state index in [9.17, 15) is 9.59 Å². The van der Waals surface area contributed by atoms with E-state index in [0.29, 0.717) is 18.5 Å². The number of hydrogen-bond acceptors (Lipinski definition) is 3. The topological polar surface area (TPSA) is 75.4 Å². The van der Waals surface area contributed by atoms with E-state index in [1.54, 1.807) is 12.1 Å². The molecule has 5 nitrogen and oxygen atoms in total. The first-order chi connectivity index (χ1) is 12.6. The zero-order chi connectivity index (χ0) is 18.4. The highest BCUT2D eigenvalue weighted by Gasteiger charge is 2.17. The van der Waals surface area contributed by atoms with Gasteiger partial charge >= 0.3 is 0 Å². The van der Waals surface area contributed by atoms with Crippen molar-refractivity contribution in [3.63, 3.8) is 0 Å². The van der Waals surface area contributed by atoms with Crippen LogP contribution in [0.3, 0.4) is 0 Å². The van der Waals surface area contributed by atoms with Gasteiger partial charge in [0.25, 0.3) is 0 Å². The summed E-state index contributed by atoms with van der Waals surface area (Å²) in [5.41, 5.74) is 9.13. The summed E-state index contributed by atoms with van der Waals surface area (Å²) in [6, 6.07) is 15.0. The summed E-state index contributed by atoms with van der Waals surface area (Å²) in [5, 5.41) is 2.90. The molecule has 26 heavy (non-hydrogen) atoms. The van der Waals surface area contributed by atoms with Crippen LogP contribution in [0.5, 0.6) is 0 Å². The predicted molar refractivity (Wildman–Crippen MR) is 104 cm³/mol. The Morgan fingerprint density at radius 2 is 1.54 bits per heavy atom. The Morgan fingerprint density at radius 1 is 0.923 bits per heavy atom. The van der Waals surface area contributed by atoms with Crippen LogP contribution in [0.2, 0.25) is 0 Å². The van der Waals surface area contributed by atoms with Crippen molar-refractivity contribution in [1.29, 1.82) is 0 Å². The summed E-state index contributed by atoms with van der Waals surface area (Å²) in [6.45, 7) is 1.80. The van der Waals surface area contributed by atoms with Gasteiger partial charge in [-0.3, -0.25) is 9.59 Å². The molecule has 0 aromatic heterocycles. The number of nitrogen functional groups attached to an aromatic ring is 1. The highest BCUT2D eigenvalue weighted by Crippen LogP contribution is 2.14. The molecule has 0 saturated carbocycles. The van der Waals surface area contributed by atoms with Gasteiger partial charge < -0.3 is 16.0 Å². The predicted octanol–water partition coefficient (Wildman–Crippen LogP) is 3.01. The molecule has 1 saturated heterocycles. The molecule has 1 aliphatic heterocycles. The summed E-state index contributed by atoms with van der Waals surface area (Å²) >= 11 is 0. The molecule has 3 rings (SSSR count). The van der Waals surface area contributed by atoms with Crippen molar-refractivity contribution in [1.82, 2.24) is 4.90 Å². The molecular weight excluding hydrogens is 326 g/mol. The molecular formula is C21H25N3O2. The normalized spacial score (nSPS) is 13.6. The molecule has 0 radical (unpaired) electrons. The Morgan fingerprint density at radius 3 is 2.19 bits per heavy atom. The maximum Gasteiger partial charge on any atom is 0.228 e. The third-order valence-electron chi connectivity index (χ3n) is 4.67. The zero-order valence-corrected chi connectivity index (χ0v) is 14.9. The molecule has 0 spiro atoms. The van der Waals surface area contributed by atoms with E-state index in [-0.39, 0.29) is 11.8 Å². The molecule has 0 atom stereocenters. The fraction of sp³-hybridized carbons (Fsp3) is 0.333. The largest absolute Gasteiger partial charge is 0.399 e. The lowest BCUT2D eigenvalue weighted by atomic mass is 10.1. The third-order valence-corrected chi connectivity index (χ3v) is 4.67. The number of carbonyl (C=O) groups excluding carboxylic acids is 2. The van der Waals surface area contributed by atoms with Crippen molar-refractivity contribution in [3.05, 3.63) is 59.7 Å². The Bertz CT molecular complexity index is 748. The number of anilines is 2. The van der Waals surface area contributed by atoms with Gasteiger partial charge in [-0.1, -0.05) is 24.3 Å². The second kappa shape index (κ2) is 8.52. The van der Waals surface area contributed by atoms with Crippen molar-refractivity contribution >= 4 is 23.2 Å². The van der Waals surface area contributed by atoms with Gasteiger partial charge in [0.1, 0.15) is 0 Å². The van der Waals surface area contributed by atoms with E-state index >= 15 is 0 Å². The molecule has 0 aliphatic carbocycles. The smallest absolute Gasteiger partial charge is 0.228 e. The number of nitrogens with zero attached hydrogens (tertiary/aromatic N) is 1. The van der Waals surface area contributed by atoms with Gasteiger partial charge in [0.15, 0.2) is 0 Å². The molecule has 1 fully saturated rings. The molecule has 2 amide bonds. The quantitative estimate of drug-likeness (QED) is 0.786. The van der Waals surface area contributed by atoms with Crippen LogP contribution < -0.4 is 11.1 Å². The van der Waals surface area contributed by atoms with Crippen LogP contribution in [0.15, 0.2) is 48.5 Å². The van der Waals surface area contributed by atoms with Crippen LogP contribution in [0.4, 0.5) is 11.4 Å². The van der Waals surface area contributed by atoms with Crippen molar-refractivity contribution in [2.24, 2.45) is 0 Å². The van der Waals surface area contributed by atoms with Crippen LogP contribution in [0.1, 0.15) is 30.4 Å². The molecule has 5 heteroatoms. The Labute approximate surface area is 154 Å². The van der Waals surface area contributed by atoms with E-state index in [1.165, 1.54) is 0 Å². The van der Waals surface area contributed by atoms with Crippen LogP contribution >= 0.6 is 0 Å². The molecule has 1 aliphatic rings. The molecule has 136 valence electrons. The second-order valence-electron chi connectivity index (χ2n) is 6.75. The van der Waals surface area contributed by atoms with E-state index < -0.39 is 0 Å². The number of likely N-dealkylation sites (tertiary alicyclic amines) is 1. The molecule has 2 aromatic carbocycles. The zero-order valence-electron chi connectivity index (χ0n) is 14.9. The Balaban J connectivity index is 1.46. The minimum Gasteiger partial charge on any atom is -0.399 e. The van der Waals surface area contributed by atoms with Gasteiger partial charge in [0.2, 0.25) is 11.8 Å². The third kappa shape index (κ3) is 5.09. The maximum atomic E-state index is 12.1. The molecule has 0 bridgehead atoms. The number of nitrogens with two attached hydrogens (primary N) is 1. The number of rotatable bonds is 6. The van der Waals surface area contributed by atoms with Gasteiger partial charge in [-0.15, -0.1) is 0 Å². The monoisotopic (exact) mass is 351 g/mol. The summed E-state index contributed by atoms with van der Waals surface area (Å²) in [5.74, 6) is 0.176. The lowest BCUT2D eigenvalue weighted by Gasteiger charge is -2.15. The number of aryl methyl sites for hydroxylation is 1. The second-order valence-corrected chi connectivity index (χ2v) is 6.75. The molecule has 2 aromatic rings.